The van der Waals surface area contributed by atoms with Crippen LogP contribution in [0.2, 0.25) is 0 Å². The van der Waals surface area contributed by atoms with Crippen molar-refractivity contribution in [1.82, 2.24) is 5.32 Å². The standard InChI is InChI=1S/C17H25NO2S/c1-13-7-9-17(20,10-8-13)12-18-16(19)15-5-3-14(4-6-15)11-21-2/h3-6,13,20H,7-12H2,1-2H3,(H,18,19). The summed E-state index contributed by atoms with van der Waals surface area (Å²) in [6.45, 7) is 2.57. The minimum Gasteiger partial charge on any atom is -0.388 e. The summed E-state index contributed by atoms with van der Waals surface area (Å²) < 4.78 is 0. The van der Waals surface area contributed by atoms with Gasteiger partial charge in [-0.25, -0.2) is 0 Å². The molecule has 21 heavy (non-hydrogen) atoms. The predicted molar refractivity (Wildman–Crippen MR) is 88.6 cm³/mol. The highest BCUT2D eigenvalue weighted by Gasteiger charge is 2.32. The molecule has 1 saturated carbocycles. The molecule has 2 rings (SSSR count). The smallest absolute Gasteiger partial charge is 0.251 e. The van der Waals surface area contributed by atoms with E-state index in [-0.39, 0.29) is 5.91 Å². The zero-order chi connectivity index (χ0) is 15.3. The molecule has 0 heterocycles. The van der Waals surface area contributed by atoms with E-state index >= 15 is 0 Å². The van der Waals surface area contributed by atoms with Gasteiger partial charge in [0, 0.05) is 17.9 Å². The van der Waals surface area contributed by atoms with Crippen LogP contribution >= 0.6 is 11.8 Å². The van der Waals surface area contributed by atoms with Crippen molar-refractivity contribution >= 4 is 17.7 Å². The molecule has 0 unspecified atom stereocenters. The van der Waals surface area contributed by atoms with E-state index in [2.05, 4.69) is 18.5 Å². The summed E-state index contributed by atoms with van der Waals surface area (Å²) >= 11 is 1.76. The van der Waals surface area contributed by atoms with E-state index < -0.39 is 5.60 Å². The first kappa shape index (κ1) is 16.4. The molecule has 0 atom stereocenters. The summed E-state index contributed by atoms with van der Waals surface area (Å²) in [7, 11) is 0. The number of nitrogens with one attached hydrogen (secondary N) is 1. The van der Waals surface area contributed by atoms with Gasteiger partial charge >= 0.3 is 0 Å². The predicted octanol–water partition coefficient (Wildman–Crippen LogP) is 3.22. The van der Waals surface area contributed by atoms with Gasteiger partial charge < -0.3 is 10.4 Å². The molecule has 1 aromatic rings. The van der Waals surface area contributed by atoms with Crippen LogP contribution < -0.4 is 5.32 Å². The maximum absolute atomic E-state index is 12.1. The lowest BCUT2D eigenvalue weighted by molar-refractivity contribution is -0.00539. The van der Waals surface area contributed by atoms with Crippen LogP contribution in [0.1, 0.15) is 48.5 Å². The maximum Gasteiger partial charge on any atom is 0.251 e. The molecule has 0 aromatic heterocycles. The Morgan fingerprint density at radius 1 is 1.33 bits per heavy atom. The fourth-order valence-corrected chi connectivity index (χ4v) is 3.27. The Morgan fingerprint density at radius 2 is 1.95 bits per heavy atom. The maximum atomic E-state index is 12.1. The fraction of sp³-hybridized carbons (Fsp3) is 0.588. The lowest BCUT2D eigenvalue weighted by atomic mass is 9.79. The molecule has 0 radical (unpaired) electrons. The highest BCUT2D eigenvalue weighted by atomic mass is 32.2. The Labute approximate surface area is 131 Å². The number of amides is 1. The van der Waals surface area contributed by atoms with Crippen LogP contribution in [0.3, 0.4) is 0 Å². The Bertz CT molecular complexity index is 464. The summed E-state index contributed by atoms with van der Waals surface area (Å²) in [5.41, 5.74) is 1.16. The van der Waals surface area contributed by atoms with Gasteiger partial charge in [-0.2, -0.15) is 11.8 Å². The quantitative estimate of drug-likeness (QED) is 0.878. The SMILES string of the molecule is CSCc1ccc(C(=O)NCC2(O)CCC(C)CC2)cc1. The minimum atomic E-state index is -0.721. The number of carbonyl (C=O) groups excluding carboxylic acids is 1. The molecule has 1 aromatic carbocycles. The molecule has 1 aliphatic carbocycles. The van der Waals surface area contributed by atoms with Gasteiger partial charge in [-0.1, -0.05) is 19.1 Å². The van der Waals surface area contributed by atoms with Gasteiger partial charge in [0.1, 0.15) is 0 Å². The van der Waals surface area contributed by atoms with E-state index in [0.717, 1.165) is 31.4 Å². The van der Waals surface area contributed by atoms with Gasteiger partial charge in [0.15, 0.2) is 0 Å². The first-order chi connectivity index (χ1) is 10.0. The second-order valence-corrected chi connectivity index (χ2v) is 7.09. The minimum absolute atomic E-state index is 0.0993. The summed E-state index contributed by atoms with van der Waals surface area (Å²) in [6.07, 6.45) is 5.69. The van der Waals surface area contributed by atoms with Gasteiger partial charge in [0.25, 0.3) is 5.91 Å². The number of aliphatic hydroxyl groups is 1. The van der Waals surface area contributed by atoms with Crippen molar-refractivity contribution in [3.8, 4) is 0 Å². The molecule has 4 heteroatoms. The van der Waals surface area contributed by atoms with Crippen LogP contribution in [0.4, 0.5) is 0 Å². The normalized spacial score (nSPS) is 25.6. The molecule has 0 bridgehead atoms. The lowest BCUT2D eigenvalue weighted by Gasteiger charge is -2.34. The van der Waals surface area contributed by atoms with E-state index in [0.29, 0.717) is 18.0 Å². The molecule has 1 aliphatic rings. The molecule has 1 fully saturated rings. The Hall–Kier alpha value is -1.00. The van der Waals surface area contributed by atoms with Crippen molar-refractivity contribution < 1.29 is 9.90 Å². The number of carbonyl (C=O) groups is 1. The van der Waals surface area contributed by atoms with Crippen molar-refractivity contribution in [3.05, 3.63) is 35.4 Å². The van der Waals surface area contributed by atoms with Gasteiger partial charge in [0.2, 0.25) is 0 Å². The topological polar surface area (TPSA) is 49.3 Å². The molecule has 116 valence electrons. The average molecular weight is 307 g/mol. The zero-order valence-electron chi connectivity index (χ0n) is 12.9. The third kappa shape index (κ3) is 4.75. The summed E-state index contributed by atoms with van der Waals surface area (Å²) in [6, 6.07) is 7.69. The van der Waals surface area contributed by atoms with Crippen LogP contribution in [0.25, 0.3) is 0 Å². The van der Waals surface area contributed by atoms with Crippen molar-refractivity contribution in [3.63, 3.8) is 0 Å². The largest absolute Gasteiger partial charge is 0.388 e. The third-order valence-corrected chi connectivity index (χ3v) is 4.93. The third-order valence-electron chi connectivity index (χ3n) is 4.31. The van der Waals surface area contributed by atoms with Crippen LogP contribution in [-0.4, -0.2) is 29.4 Å². The number of benzene rings is 1. The number of hydrogen-bond acceptors (Lipinski definition) is 3. The highest BCUT2D eigenvalue weighted by Crippen LogP contribution is 2.31. The highest BCUT2D eigenvalue weighted by molar-refractivity contribution is 7.97. The molecular formula is C17H25NO2S. The van der Waals surface area contributed by atoms with E-state index in [1.807, 2.05) is 24.3 Å². The molecule has 0 aliphatic heterocycles. The number of rotatable bonds is 5. The van der Waals surface area contributed by atoms with E-state index in [4.69, 9.17) is 0 Å². The first-order valence-electron chi connectivity index (χ1n) is 7.61. The second-order valence-electron chi connectivity index (χ2n) is 6.22. The van der Waals surface area contributed by atoms with E-state index in [1.165, 1.54) is 5.56 Å². The van der Waals surface area contributed by atoms with E-state index in [1.54, 1.807) is 11.8 Å². The Morgan fingerprint density at radius 3 is 2.52 bits per heavy atom. The average Bonchev–Trinajstić information content (AvgIpc) is 2.49. The van der Waals surface area contributed by atoms with Crippen LogP contribution in [0, 0.1) is 5.92 Å². The molecule has 0 spiro atoms. The Kier molecular flexibility index (Phi) is 5.71. The van der Waals surface area contributed by atoms with Crippen LogP contribution in [0.15, 0.2) is 24.3 Å². The summed E-state index contributed by atoms with van der Waals surface area (Å²) in [4.78, 5) is 12.1. The van der Waals surface area contributed by atoms with Crippen molar-refractivity contribution in [1.29, 1.82) is 0 Å². The van der Waals surface area contributed by atoms with E-state index in [9.17, 15) is 9.90 Å². The monoisotopic (exact) mass is 307 g/mol. The summed E-state index contributed by atoms with van der Waals surface area (Å²) in [5.74, 6) is 1.54. The molecule has 2 N–H and O–H groups in total. The van der Waals surface area contributed by atoms with Crippen molar-refractivity contribution in [2.45, 2.75) is 44.0 Å². The Balaban J connectivity index is 1.86. The van der Waals surface area contributed by atoms with Gasteiger partial charge in [-0.3, -0.25) is 4.79 Å². The number of thioether (sulfide) groups is 1. The van der Waals surface area contributed by atoms with Gasteiger partial charge in [0.05, 0.1) is 5.60 Å². The van der Waals surface area contributed by atoms with Crippen molar-refractivity contribution in [2.24, 2.45) is 5.92 Å². The molecule has 1 amide bonds. The zero-order valence-corrected chi connectivity index (χ0v) is 13.7. The fourth-order valence-electron chi connectivity index (χ4n) is 2.74. The molecular weight excluding hydrogens is 282 g/mol. The van der Waals surface area contributed by atoms with Crippen LogP contribution in [0.5, 0.6) is 0 Å². The van der Waals surface area contributed by atoms with Gasteiger partial charge in [-0.15, -0.1) is 0 Å². The summed E-state index contributed by atoms with van der Waals surface area (Å²) in [5, 5.41) is 13.4. The first-order valence-corrected chi connectivity index (χ1v) is 9.00. The lowest BCUT2D eigenvalue weighted by Crippen LogP contribution is -2.45. The second kappa shape index (κ2) is 7.32. The molecule has 3 nitrogen and oxygen atoms in total. The van der Waals surface area contributed by atoms with Crippen LogP contribution in [-0.2, 0) is 5.75 Å². The molecule has 0 saturated heterocycles. The number of hydrogen-bond donors (Lipinski definition) is 2. The van der Waals surface area contributed by atoms with Crippen molar-refractivity contribution in [2.75, 3.05) is 12.8 Å². The van der Waals surface area contributed by atoms with Gasteiger partial charge in [-0.05, 0) is 55.6 Å².